The Morgan fingerprint density at radius 1 is 1.44 bits per heavy atom. The summed E-state index contributed by atoms with van der Waals surface area (Å²) in [7, 11) is 0. The predicted molar refractivity (Wildman–Crippen MR) is 60.8 cm³/mol. The molecule has 1 heterocycles. The summed E-state index contributed by atoms with van der Waals surface area (Å²) in [4.78, 5) is 4.33. The van der Waals surface area contributed by atoms with Crippen LogP contribution in [0.15, 0.2) is 22.6 Å². The van der Waals surface area contributed by atoms with Crippen molar-refractivity contribution in [3.05, 3.63) is 24.1 Å². The van der Waals surface area contributed by atoms with Gasteiger partial charge in [0.1, 0.15) is 12.1 Å². The molecule has 1 saturated carbocycles. The molecule has 0 bridgehead atoms. The van der Waals surface area contributed by atoms with Crippen molar-refractivity contribution in [3.8, 4) is 0 Å². The van der Waals surface area contributed by atoms with Gasteiger partial charge in [-0.3, -0.25) is 0 Å². The van der Waals surface area contributed by atoms with E-state index >= 15 is 0 Å². The maximum absolute atomic E-state index is 5.67. The monoisotopic (exact) mass is 218 g/mol. The zero-order valence-electron chi connectivity index (χ0n) is 8.98. The number of nitrogens with two attached hydrogens (primary N) is 1. The maximum atomic E-state index is 5.67. The van der Waals surface area contributed by atoms with Crippen molar-refractivity contribution >= 4 is 16.8 Å². The molecule has 1 aromatic carbocycles. The highest BCUT2D eigenvalue weighted by Crippen LogP contribution is 2.24. The van der Waals surface area contributed by atoms with Gasteiger partial charge < -0.3 is 14.9 Å². The Labute approximate surface area is 93.4 Å². The molecule has 2 aromatic rings. The Hall–Kier alpha value is -1.55. The van der Waals surface area contributed by atoms with Crippen LogP contribution in [-0.4, -0.2) is 11.1 Å². The number of rotatable bonds is 3. The fourth-order valence-corrected chi connectivity index (χ4v) is 1.78. The second-order valence-corrected chi connectivity index (χ2v) is 4.20. The van der Waals surface area contributed by atoms with Crippen LogP contribution in [0.5, 0.6) is 0 Å². The van der Waals surface area contributed by atoms with E-state index in [9.17, 15) is 0 Å². The summed E-state index contributed by atoms with van der Waals surface area (Å²) >= 11 is 0. The first-order chi connectivity index (χ1) is 7.81. The third-order valence-electron chi connectivity index (χ3n) is 2.95. The Balaban J connectivity index is 1.76. The van der Waals surface area contributed by atoms with Crippen LogP contribution in [0.1, 0.15) is 25.2 Å². The highest BCUT2D eigenvalue weighted by molar-refractivity contribution is 5.76. The molecule has 1 aliphatic carbocycles. The van der Waals surface area contributed by atoms with Crippen LogP contribution in [0.25, 0.3) is 11.1 Å². The molecule has 84 valence electrons. The van der Waals surface area contributed by atoms with Crippen molar-refractivity contribution in [2.24, 2.45) is 0 Å². The Morgan fingerprint density at radius 3 is 3.06 bits per heavy atom. The number of hydrogen-bond donors (Lipinski definition) is 1. The Kier molecular flexibility index (Phi) is 2.29. The number of nitrogen functional groups attached to an aromatic ring is 1. The van der Waals surface area contributed by atoms with Gasteiger partial charge in [-0.05, 0) is 37.5 Å². The number of ether oxygens (including phenoxy) is 1. The number of aromatic nitrogens is 1. The van der Waals surface area contributed by atoms with Gasteiger partial charge in [-0.15, -0.1) is 0 Å². The van der Waals surface area contributed by atoms with E-state index in [1.165, 1.54) is 6.42 Å². The topological polar surface area (TPSA) is 61.3 Å². The molecular weight excluding hydrogens is 204 g/mol. The third-order valence-corrected chi connectivity index (χ3v) is 2.95. The molecule has 1 fully saturated rings. The number of hydrogen-bond acceptors (Lipinski definition) is 4. The van der Waals surface area contributed by atoms with Gasteiger partial charge in [-0.25, -0.2) is 4.98 Å². The van der Waals surface area contributed by atoms with Crippen molar-refractivity contribution in [2.45, 2.75) is 32.0 Å². The molecule has 3 rings (SSSR count). The van der Waals surface area contributed by atoms with Crippen LogP contribution in [0.4, 0.5) is 5.69 Å². The second kappa shape index (κ2) is 3.79. The minimum Gasteiger partial charge on any atom is -0.438 e. The maximum Gasteiger partial charge on any atom is 0.221 e. The van der Waals surface area contributed by atoms with Crippen molar-refractivity contribution < 1.29 is 9.15 Å². The molecule has 4 heteroatoms. The molecule has 1 aromatic heterocycles. The van der Waals surface area contributed by atoms with Gasteiger partial charge in [0.2, 0.25) is 5.89 Å². The molecule has 0 radical (unpaired) electrons. The lowest BCUT2D eigenvalue weighted by Crippen LogP contribution is -2.21. The van der Waals surface area contributed by atoms with E-state index in [1.807, 2.05) is 18.2 Å². The first-order valence-electron chi connectivity index (χ1n) is 5.58. The van der Waals surface area contributed by atoms with Gasteiger partial charge in [0, 0.05) is 5.69 Å². The Morgan fingerprint density at radius 2 is 2.31 bits per heavy atom. The predicted octanol–water partition coefficient (Wildman–Crippen LogP) is 2.48. The quantitative estimate of drug-likeness (QED) is 0.804. The van der Waals surface area contributed by atoms with Crippen molar-refractivity contribution in [3.63, 3.8) is 0 Å². The van der Waals surface area contributed by atoms with Gasteiger partial charge in [-0.1, -0.05) is 0 Å². The smallest absolute Gasteiger partial charge is 0.221 e. The van der Waals surface area contributed by atoms with Crippen LogP contribution >= 0.6 is 0 Å². The van der Waals surface area contributed by atoms with Crippen LogP contribution < -0.4 is 5.73 Å². The third kappa shape index (κ3) is 1.76. The summed E-state index contributed by atoms with van der Waals surface area (Å²) in [6, 6.07) is 5.46. The van der Waals surface area contributed by atoms with Crippen LogP contribution in [0, 0.1) is 0 Å². The summed E-state index contributed by atoms with van der Waals surface area (Å²) in [5.41, 5.74) is 7.94. The minimum atomic E-state index is 0.403. The average molecular weight is 218 g/mol. The average Bonchev–Trinajstić information content (AvgIpc) is 2.57. The molecule has 4 nitrogen and oxygen atoms in total. The molecule has 0 unspecified atom stereocenters. The minimum absolute atomic E-state index is 0.403. The molecule has 0 amide bonds. The van der Waals surface area contributed by atoms with E-state index in [0.717, 1.165) is 23.9 Å². The van der Waals surface area contributed by atoms with Crippen molar-refractivity contribution in [1.29, 1.82) is 0 Å². The summed E-state index contributed by atoms with van der Waals surface area (Å²) in [6.07, 6.45) is 4.00. The number of oxazole rings is 1. The molecule has 1 aliphatic rings. The number of benzene rings is 1. The standard InChI is InChI=1S/C12H14N2O2/c13-8-4-5-11-10(6-8)14-12(16-11)7-15-9-2-1-3-9/h4-6,9H,1-3,7,13H2. The normalized spacial score (nSPS) is 16.5. The fourth-order valence-electron chi connectivity index (χ4n) is 1.78. The zero-order valence-corrected chi connectivity index (χ0v) is 8.98. The lowest BCUT2D eigenvalue weighted by atomic mass is 9.96. The van der Waals surface area contributed by atoms with Gasteiger partial charge in [-0.2, -0.15) is 0 Å². The summed E-state index contributed by atoms with van der Waals surface area (Å²) < 4.78 is 11.2. The lowest BCUT2D eigenvalue weighted by molar-refractivity contribution is -0.0170. The van der Waals surface area contributed by atoms with E-state index in [2.05, 4.69) is 4.98 Å². The number of anilines is 1. The van der Waals surface area contributed by atoms with Gasteiger partial charge in [0.25, 0.3) is 0 Å². The summed E-state index contributed by atoms with van der Waals surface area (Å²) in [6.45, 7) is 0.458. The van der Waals surface area contributed by atoms with Gasteiger partial charge in [0.15, 0.2) is 5.58 Å². The molecule has 0 aliphatic heterocycles. The first kappa shape index (κ1) is 9.66. The van der Waals surface area contributed by atoms with Gasteiger partial charge in [0.05, 0.1) is 6.10 Å². The van der Waals surface area contributed by atoms with E-state index < -0.39 is 0 Å². The SMILES string of the molecule is Nc1ccc2oc(COC3CCC3)nc2c1. The zero-order chi connectivity index (χ0) is 11.0. The largest absolute Gasteiger partial charge is 0.438 e. The fraction of sp³-hybridized carbons (Fsp3) is 0.417. The van der Waals surface area contributed by atoms with Crippen LogP contribution in [0.3, 0.4) is 0 Å². The lowest BCUT2D eigenvalue weighted by Gasteiger charge is -2.24. The molecule has 0 spiro atoms. The summed E-state index contributed by atoms with van der Waals surface area (Å²) in [5.74, 6) is 0.632. The van der Waals surface area contributed by atoms with Gasteiger partial charge >= 0.3 is 0 Å². The van der Waals surface area contributed by atoms with Crippen LogP contribution in [-0.2, 0) is 11.3 Å². The highest BCUT2D eigenvalue weighted by Gasteiger charge is 2.18. The number of fused-ring (bicyclic) bond motifs is 1. The van der Waals surface area contributed by atoms with Crippen molar-refractivity contribution in [1.82, 2.24) is 4.98 Å². The highest BCUT2D eigenvalue weighted by atomic mass is 16.5. The van der Waals surface area contributed by atoms with E-state index in [-0.39, 0.29) is 0 Å². The van der Waals surface area contributed by atoms with E-state index in [4.69, 9.17) is 14.9 Å². The molecule has 0 atom stereocenters. The van der Waals surface area contributed by atoms with Crippen molar-refractivity contribution in [2.75, 3.05) is 5.73 Å². The molecular formula is C12H14N2O2. The first-order valence-corrected chi connectivity index (χ1v) is 5.58. The second-order valence-electron chi connectivity index (χ2n) is 4.20. The Bertz CT molecular complexity index is 503. The molecule has 16 heavy (non-hydrogen) atoms. The van der Waals surface area contributed by atoms with Crippen LogP contribution in [0.2, 0.25) is 0 Å². The molecule has 2 N–H and O–H groups in total. The van der Waals surface area contributed by atoms with E-state index in [1.54, 1.807) is 0 Å². The van der Waals surface area contributed by atoms with E-state index in [0.29, 0.717) is 24.3 Å². The summed E-state index contributed by atoms with van der Waals surface area (Å²) in [5, 5.41) is 0. The molecule has 0 saturated heterocycles. The number of nitrogens with zero attached hydrogens (tertiary/aromatic N) is 1.